The summed E-state index contributed by atoms with van der Waals surface area (Å²) in [7, 11) is 0. The van der Waals surface area contributed by atoms with Crippen LogP contribution in [0, 0.1) is 0 Å². The molecule has 0 aromatic heterocycles. The molecule has 0 spiro atoms. The molecular formula is C24H24Cl2N2O4. The number of hydrogen-bond donors (Lipinski definition) is 0. The first-order valence-corrected chi connectivity index (χ1v) is 11.2. The van der Waals surface area contributed by atoms with Crippen LogP contribution in [0.1, 0.15) is 59.4 Å². The van der Waals surface area contributed by atoms with Crippen LogP contribution in [0.5, 0.6) is 0 Å². The number of ether oxygens (including phenoxy) is 1. The molecular weight excluding hydrogens is 451 g/mol. The summed E-state index contributed by atoms with van der Waals surface area (Å²) in [4.78, 5) is 41.8. The molecule has 0 bridgehead atoms. The Labute approximate surface area is 197 Å². The standard InChI is InChI=1S/C24H24Cl2N2O4/c1-24(2,3)32-23(31)27-11-10-15(14-8-9-18(25)19(26)12-14)20(27)13-28-21(29)16-6-4-5-7-17(16)22(28)30/h4-9,12,15,20H,10-11,13H2,1-3H3. The predicted molar refractivity (Wildman–Crippen MR) is 122 cm³/mol. The highest BCUT2D eigenvalue weighted by Gasteiger charge is 2.44. The Morgan fingerprint density at radius 3 is 2.22 bits per heavy atom. The molecule has 0 saturated carbocycles. The smallest absolute Gasteiger partial charge is 0.410 e. The number of imide groups is 1. The minimum atomic E-state index is -0.668. The molecule has 0 aliphatic carbocycles. The maximum absolute atomic E-state index is 13.0. The third-order valence-corrected chi connectivity index (χ3v) is 6.53. The van der Waals surface area contributed by atoms with E-state index in [-0.39, 0.29) is 24.3 Å². The van der Waals surface area contributed by atoms with Gasteiger partial charge < -0.3 is 9.64 Å². The van der Waals surface area contributed by atoms with E-state index < -0.39 is 17.7 Å². The maximum Gasteiger partial charge on any atom is 0.410 e. The van der Waals surface area contributed by atoms with Gasteiger partial charge in [0.2, 0.25) is 0 Å². The Morgan fingerprint density at radius 2 is 1.66 bits per heavy atom. The number of rotatable bonds is 3. The van der Waals surface area contributed by atoms with Gasteiger partial charge in [-0.15, -0.1) is 0 Å². The van der Waals surface area contributed by atoms with Crippen molar-refractivity contribution in [2.75, 3.05) is 13.1 Å². The Bertz CT molecular complexity index is 1060. The van der Waals surface area contributed by atoms with Gasteiger partial charge in [-0.1, -0.05) is 41.4 Å². The molecule has 32 heavy (non-hydrogen) atoms. The molecule has 2 aliphatic heterocycles. The summed E-state index contributed by atoms with van der Waals surface area (Å²) in [6.45, 7) is 5.91. The third-order valence-electron chi connectivity index (χ3n) is 5.79. The molecule has 2 aromatic carbocycles. The molecule has 2 atom stereocenters. The second-order valence-electron chi connectivity index (χ2n) is 9.08. The van der Waals surface area contributed by atoms with Gasteiger partial charge in [0.05, 0.1) is 33.8 Å². The van der Waals surface area contributed by atoms with E-state index >= 15 is 0 Å². The van der Waals surface area contributed by atoms with E-state index in [1.165, 1.54) is 4.90 Å². The van der Waals surface area contributed by atoms with E-state index in [4.69, 9.17) is 27.9 Å². The average molecular weight is 475 g/mol. The fraction of sp³-hybridized carbons (Fsp3) is 0.375. The average Bonchev–Trinajstić information content (AvgIpc) is 3.25. The number of benzene rings is 2. The zero-order valence-electron chi connectivity index (χ0n) is 18.1. The normalized spacial score (nSPS) is 20.7. The molecule has 1 saturated heterocycles. The lowest BCUT2D eigenvalue weighted by atomic mass is 9.91. The SMILES string of the molecule is CC(C)(C)OC(=O)N1CCC(c2ccc(Cl)c(Cl)c2)C1CN1C(=O)c2ccccc2C1=O. The predicted octanol–water partition coefficient (Wildman–Crippen LogP) is 5.38. The van der Waals surface area contributed by atoms with Crippen LogP contribution in [0.25, 0.3) is 0 Å². The molecule has 2 aromatic rings. The summed E-state index contributed by atoms with van der Waals surface area (Å²) >= 11 is 12.3. The summed E-state index contributed by atoms with van der Waals surface area (Å²) in [6, 6.07) is 11.7. The number of hydrogen-bond acceptors (Lipinski definition) is 4. The fourth-order valence-corrected chi connectivity index (χ4v) is 4.66. The van der Waals surface area contributed by atoms with Gasteiger partial charge in [-0.25, -0.2) is 4.79 Å². The number of fused-ring (bicyclic) bond motifs is 1. The highest BCUT2D eigenvalue weighted by Crippen LogP contribution is 2.38. The summed E-state index contributed by atoms with van der Waals surface area (Å²) in [5.41, 5.74) is 0.988. The molecule has 1 fully saturated rings. The summed E-state index contributed by atoms with van der Waals surface area (Å²) in [5, 5.41) is 0.855. The molecule has 2 unspecified atom stereocenters. The zero-order chi connectivity index (χ0) is 23.2. The van der Waals surface area contributed by atoms with Gasteiger partial charge >= 0.3 is 6.09 Å². The molecule has 4 rings (SSSR count). The second-order valence-corrected chi connectivity index (χ2v) is 9.89. The number of halogens is 2. The second kappa shape index (κ2) is 8.41. The molecule has 8 heteroatoms. The fourth-order valence-electron chi connectivity index (χ4n) is 4.35. The van der Waals surface area contributed by atoms with Gasteiger partial charge in [-0.05, 0) is 57.0 Å². The number of likely N-dealkylation sites (tertiary alicyclic amines) is 1. The topological polar surface area (TPSA) is 66.9 Å². The summed E-state index contributed by atoms with van der Waals surface area (Å²) in [6.07, 6.45) is 0.173. The minimum absolute atomic E-state index is 0.0660. The van der Waals surface area contributed by atoms with Crippen LogP contribution in [-0.2, 0) is 4.74 Å². The number of amides is 3. The highest BCUT2D eigenvalue weighted by atomic mass is 35.5. The van der Waals surface area contributed by atoms with Crippen molar-refractivity contribution in [3.8, 4) is 0 Å². The lowest BCUT2D eigenvalue weighted by molar-refractivity contribution is 0.0183. The summed E-state index contributed by atoms with van der Waals surface area (Å²) in [5.74, 6) is -0.842. The van der Waals surface area contributed by atoms with Gasteiger partial charge in [-0.3, -0.25) is 14.5 Å². The van der Waals surface area contributed by atoms with Crippen LogP contribution < -0.4 is 0 Å². The molecule has 2 aliphatic rings. The van der Waals surface area contributed by atoms with Crippen molar-refractivity contribution in [2.45, 2.75) is 44.8 Å². The molecule has 168 valence electrons. The van der Waals surface area contributed by atoms with Crippen molar-refractivity contribution >= 4 is 41.1 Å². The van der Waals surface area contributed by atoms with E-state index in [0.29, 0.717) is 34.1 Å². The number of carbonyl (C=O) groups excluding carboxylic acids is 3. The number of nitrogens with zero attached hydrogens (tertiary/aromatic N) is 2. The molecule has 3 amide bonds. The van der Waals surface area contributed by atoms with Gasteiger partial charge in [0, 0.05) is 12.5 Å². The van der Waals surface area contributed by atoms with Crippen molar-refractivity contribution in [3.63, 3.8) is 0 Å². The van der Waals surface area contributed by atoms with Gasteiger partial charge in [0.15, 0.2) is 0 Å². The highest BCUT2D eigenvalue weighted by molar-refractivity contribution is 6.42. The van der Waals surface area contributed by atoms with E-state index in [1.54, 1.807) is 62.1 Å². The van der Waals surface area contributed by atoms with Crippen LogP contribution in [0.15, 0.2) is 42.5 Å². The minimum Gasteiger partial charge on any atom is -0.444 e. The van der Waals surface area contributed by atoms with Crippen molar-refractivity contribution in [2.24, 2.45) is 0 Å². The van der Waals surface area contributed by atoms with E-state index in [0.717, 1.165) is 5.56 Å². The van der Waals surface area contributed by atoms with Crippen molar-refractivity contribution in [1.29, 1.82) is 0 Å². The Kier molecular flexibility index (Phi) is 5.94. The Hall–Kier alpha value is -2.57. The van der Waals surface area contributed by atoms with E-state index in [9.17, 15) is 14.4 Å². The van der Waals surface area contributed by atoms with Crippen molar-refractivity contribution in [1.82, 2.24) is 9.80 Å². The zero-order valence-corrected chi connectivity index (χ0v) is 19.6. The van der Waals surface area contributed by atoms with Gasteiger partial charge in [0.25, 0.3) is 11.8 Å². The monoisotopic (exact) mass is 474 g/mol. The van der Waals surface area contributed by atoms with Gasteiger partial charge in [-0.2, -0.15) is 0 Å². The lowest BCUT2D eigenvalue weighted by Crippen LogP contribution is -2.48. The Morgan fingerprint density at radius 1 is 1.03 bits per heavy atom. The molecule has 2 heterocycles. The van der Waals surface area contributed by atoms with Gasteiger partial charge in [0.1, 0.15) is 5.60 Å². The molecule has 0 N–H and O–H groups in total. The van der Waals surface area contributed by atoms with Crippen LogP contribution in [-0.4, -0.2) is 52.4 Å². The van der Waals surface area contributed by atoms with Crippen LogP contribution in [0.4, 0.5) is 4.79 Å². The third kappa shape index (κ3) is 4.21. The maximum atomic E-state index is 13.0. The number of carbonyl (C=O) groups is 3. The van der Waals surface area contributed by atoms with E-state index in [2.05, 4.69) is 0 Å². The Balaban J connectivity index is 1.67. The van der Waals surface area contributed by atoms with Crippen molar-refractivity contribution < 1.29 is 19.1 Å². The quantitative estimate of drug-likeness (QED) is 0.559. The lowest BCUT2D eigenvalue weighted by Gasteiger charge is -2.32. The first-order valence-electron chi connectivity index (χ1n) is 10.5. The van der Waals surface area contributed by atoms with Crippen LogP contribution in [0.2, 0.25) is 10.0 Å². The van der Waals surface area contributed by atoms with Crippen molar-refractivity contribution in [3.05, 3.63) is 69.2 Å². The van der Waals surface area contributed by atoms with E-state index in [1.807, 2.05) is 6.07 Å². The van der Waals surface area contributed by atoms with Crippen LogP contribution >= 0.6 is 23.2 Å². The first kappa shape index (κ1) is 22.6. The summed E-state index contributed by atoms with van der Waals surface area (Å²) < 4.78 is 5.61. The largest absolute Gasteiger partial charge is 0.444 e. The molecule has 0 radical (unpaired) electrons. The molecule has 6 nitrogen and oxygen atoms in total. The van der Waals surface area contributed by atoms with Crippen LogP contribution in [0.3, 0.4) is 0 Å². The first-order chi connectivity index (χ1) is 15.1.